The fraction of sp³-hybridized carbons (Fsp3) is 0. The molecule has 0 aliphatic rings. The Bertz CT molecular complexity index is 1610. The van der Waals surface area contributed by atoms with Crippen LogP contribution in [-0.2, 0) is 0 Å². The average Bonchev–Trinajstić information content (AvgIpc) is 2.90. The zero-order valence-electron chi connectivity index (χ0n) is 19.5. The van der Waals surface area contributed by atoms with Gasteiger partial charge in [0.05, 0.1) is 11.0 Å². The van der Waals surface area contributed by atoms with E-state index in [4.69, 9.17) is 25.7 Å². The first-order valence-corrected chi connectivity index (χ1v) is 11.5. The van der Waals surface area contributed by atoms with Crippen molar-refractivity contribution < 1.29 is 36.2 Å². The molecule has 11 heteroatoms. The van der Waals surface area contributed by atoms with Gasteiger partial charge in [-0.2, -0.15) is 0 Å². The smallest absolute Gasteiger partial charge is 0.456 e. The molecule has 0 bridgehead atoms. The van der Waals surface area contributed by atoms with Crippen molar-refractivity contribution in [2.75, 3.05) is 0 Å². The van der Waals surface area contributed by atoms with Crippen LogP contribution in [0.5, 0.6) is 5.75 Å². The third kappa shape index (κ3) is 7.53. The summed E-state index contributed by atoms with van der Waals surface area (Å²) >= 11 is 6.24. The van der Waals surface area contributed by atoms with E-state index in [0.29, 0.717) is 33.4 Å². The first-order valence-electron chi connectivity index (χ1n) is 11.1. The normalized spacial score (nSPS) is 11.6. The Morgan fingerprint density at radius 2 is 1.61 bits per heavy atom. The number of esters is 1. The fourth-order valence-corrected chi connectivity index (χ4v) is 3.56. The van der Waals surface area contributed by atoms with Crippen LogP contribution in [0.25, 0.3) is 22.3 Å². The lowest BCUT2D eigenvalue weighted by molar-refractivity contribution is -0.378. The maximum Gasteiger partial charge on any atom is 0.673 e. The molecule has 0 aliphatic carbocycles. The van der Waals surface area contributed by atoms with E-state index in [2.05, 4.69) is 4.98 Å². The van der Waals surface area contributed by atoms with Crippen molar-refractivity contribution >= 4 is 41.5 Å². The van der Waals surface area contributed by atoms with Gasteiger partial charge in [0, 0.05) is 28.1 Å². The van der Waals surface area contributed by atoms with Gasteiger partial charge in [-0.15, -0.1) is 0 Å². The molecule has 2 aromatic heterocycles. The van der Waals surface area contributed by atoms with Gasteiger partial charge >= 0.3 is 13.2 Å². The van der Waals surface area contributed by atoms with Gasteiger partial charge in [-0.3, -0.25) is 0 Å². The Morgan fingerprint density at radius 3 is 2.26 bits per heavy atom. The van der Waals surface area contributed by atoms with E-state index in [-0.39, 0.29) is 0 Å². The van der Waals surface area contributed by atoms with Gasteiger partial charge in [0.15, 0.2) is 12.4 Å². The Balaban J connectivity index is 0.000000617. The average molecular weight is 541 g/mol. The van der Waals surface area contributed by atoms with Gasteiger partial charge in [0.1, 0.15) is 22.7 Å². The number of nitrogens with one attached hydrogen (secondary N) is 1. The highest BCUT2D eigenvalue weighted by atomic mass is 35.5. The number of hydrogen-bond acceptors (Lipinski definition) is 4. The van der Waals surface area contributed by atoms with Crippen molar-refractivity contribution in [3.63, 3.8) is 0 Å². The van der Waals surface area contributed by atoms with E-state index in [1.165, 1.54) is 0 Å². The van der Waals surface area contributed by atoms with Crippen molar-refractivity contribution in [3.8, 4) is 17.1 Å². The van der Waals surface area contributed by atoms with Gasteiger partial charge in [-0.05, 0) is 48.5 Å². The van der Waals surface area contributed by atoms with E-state index in [1.54, 1.807) is 54.9 Å². The molecule has 2 heterocycles. The molecule has 5 nitrogen and oxygen atoms in total. The van der Waals surface area contributed by atoms with Gasteiger partial charge in [0.2, 0.25) is 0 Å². The summed E-state index contributed by atoms with van der Waals surface area (Å²) in [5.74, 6) is 0.701. The molecule has 0 unspecified atom stereocenters. The topological polar surface area (TPSA) is 65.9 Å². The van der Waals surface area contributed by atoms with Crippen LogP contribution in [0.3, 0.4) is 0 Å². The maximum absolute atomic E-state index is 12.3. The number of carbonyl (C=O) groups excluding carboxylic acids is 1. The van der Waals surface area contributed by atoms with Crippen molar-refractivity contribution in [2.24, 2.45) is 4.99 Å². The molecule has 5 aromatic rings. The van der Waals surface area contributed by atoms with E-state index < -0.39 is 13.2 Å². The molecule has 0 atom stereocenters. The number of hydrogen-bond donors (Lipinski definition) is 0. The van der Waals surface area contributed by atoms with Gasteiger partial charge in [0.25, 0.3) is 0 Å². The number of H-pyrrole nitrogens is 1. The first kappa shape index (κ1) is 26.6. The molecule has 192 valence electrons. The van der Waals surface area contributed by atoms with Crippen LogP contribution in [-0.4, -0.2) is 13.2 Å². The van der Waals surface area contributed by atoms with Crippen molar-refractivity contribution in [1.82, 2.24) is 0 Å². The zero-order chi connectivity index (χ0) is 27.1. The van der Waals surface area contributed by atoms with Crippen LogP contribution >= 0.6 is 11.6 Å². The molecule has 0 saturated heterocycles. The molecular weight excluding hydrogens is 523 g/mol. The van der Waals surface area contributed by atoms with E-state index >= 15 is 0 Å². The third-order valence-corrected chi connectivity index (χ3v) is 5.24. The van der Waals surface area contributed by atoms with Crippen molar-refractivity contribution in [2.45, 2.75) is 0 Å². The minimum absolute atomic E-state index is 0.434. The number of pyridine rings is 1. The zero-order valence-corrected chi connectivity index (χ0v) is 20.2. The summed E-state index contributed by atoms with van der Waals surface area (Å²) in [4.78, 5) is 19.9. The molecule has 38 heavy (non-hydrogen) atoms. The predicted molar refractivity (Wildman–Crippen MR) is 136 cm³/mol. The van der Waals surface area contributed by atoms with E-state index in [1.807, 2.05) is 48.5 Å². The minimum atomic E-state index is -6.00. The molecule has 5 rings (SSSR count). The lowest BCUT2D eigenvalue weighted by Crippen LogP contribution is -2.12. The summed E-state index contributed by atoms with van der Waals surface area (Å²) in [7, 11) is -6.00. The van der Waals surface area contributed by atoms with E-state index in [9.17, 15) is 22.1 Å². The number of benzene rings is 3. The van der Waals surface area contributed by atoms with Crippen molar-refractivity contribution in [3.05, 3.63) is 119 Å². The highest BCUT2D eigenvalue weighted by molar-refractivity contribution is 6.50. The fourth-order valence-electron chi connectivity index (χ4n) is 3.39. The van der Waals surface area contributed by atoms with Gasteiger partial charge in [-0.1, -0.05) is 41.9 Å². The van der Waals surface area contributed by atoms with Crippen LogP contribution in [0.1, 0.15) is 10.4 Å². The largest absolute Gasteiger partial charge is 0.673 e. The van der Waals surface area contributed by atoms with Crippen LogP contribution in [0.15, 0.2) is 113 Å². The summed E-state index contributed by atoms with van der Waals surface area (Å²) in [6, 6.07) is 27.6. The second kappa shape index (κ2) is 11.7. The highest BCUT2D eigenvalue weighted by Gasteiger charge is 2.20. The molecule has 0 fully saturated rings. The lowest BCUT2D eigenvalue weighted by Gasteiger charge is -2.06. The second-order valence-electron chi connectivity index (χ2n) is 7.78. The second-order valence-corrected chi connectivity index (χ2v) is 8.22. The first-order chi connectivity index (χ1) is 18.2. The molecule has 0 aliphatic heterocycles. The summed E-state index contributed by atoms with van der Waals surface area (Å²) in [5, 5.41) is 2.13. The number of nitrogens with zero attached hydrogens (tertiary/aromatic N) is 1. The summed E-state index contributed by atoms with van der Waals surface area (Å²) in [5.41, 5.74) is 2.78. The monoisotopic (exact) mass is 540 g/mol. The molecule has 0 radical (unpaired) electrons. The summed E-state index contributed by atoms with van der Waals surface area (Å²) < 4.78 is 50.5. The number of ether oxygens (including phenoxy) is 1. The Kier molecular flexibility index (Phi) is 8.23. The van der Waals surface area contributed by atoms with Crippen molar-refractivity contribution in [1.29, 1.82) is 0 Å². The third-order valence-electron chi connectivity index (χ3n) is 5.00. The quantitative estimate of drug-likeness (QED) is 0.104. The number of aromatic nitrogens is 1. The maximum atomic E-state index is 12.3. The Labute approximate surface area is 219 Å². The minimum Gasteiger partial charge on any atom is -0.456 e. The van der Waals surface area contributed by atoms with Crippen LogP contribution in [0.2, 0.25) is 5.02 Å². The number of halogens is 5. The Morgan fingerprint density at radius 1 is 0.895 bits per heavy atom. The number of fused-ring (bicyclic) bond motifs is 1. The lowest BCUT2D eigenvalue weighted by atomic mass is 10.1. The molecular formula is C27H18BClF4N2O3. The Hall–Kier alpha value is -4.44. The molecule has 3 aromatic carbocycles. The van der Waals surface area contributed by atoms with Crippen LogP contribution in [0, 0.1) is 0 Å². The summed E-state index contributed by atoms with van der Waals surface area (Å²) in [6.07, 6.45) is 3.32. The SMILES string of the molecule is F[B-](F)(F)F.O=C(Oc1ccc(N=c2cc(-c3ccccc3)oc3ccc(Cl)cc23)cc1)c1ccc[nH+]c1. The molecule has 0 saturated carbocycles. The van der Waals surface area contributed by atoms with Gasteiger partial charge in [-0.25, -0.2) is 14.8 Å². The van der Waals surface area contributed by atoms with Crippen LogP contribution < -0.4 is 15.1 Å². The van der Waals surface area contributed by atoms with Gasteiger partial charge < -0.3 is 26.4 Å². The molecule has 0 spiro atoms. The standard InChI is InChI=1S/C27H17ClN2O3.BF4/c28-20-8-13-25-23(15-20)24(16-26(33-25)18-5-2-1-3-6-18)30-21-9-11-22(12-10-21)32-27(31)19-7-4-14-29-17-19;2-1(3,4)5/h1-17H;/q;-1/p+1. The number of aromatic amines is 1. The number of rotatable bonds is 4. The summed E-state index contributed by atoms with van der Waals surface area (Å²) in [6.45, 7) is 0. The van der Waals surface area contributed by atoms with Crippen LogP contribution in [0.4, 0.5) is 23.0 Å². The van der Waals surface area contributed by atoms with E-state index in [0.717, 1.165) is 16.3 Å². The number of carbonyl (C=O) groups is 1. The molecule has 1 N–H and O–H groups in total. The predicted octanol–water partition coefficient (Wildman–Crippen LogP) is 7.32. The highest BCUT2D eigenvalue weighted by Crippen LogP contribution is 2.25. The molecule has 0 amide bonds.